The molecule has 0 aliphatic carbocycles. The van der Waals surface area contributed by atoms with Gasteiger partial charge < -0.3 is 16.0 Å². The third-order valence-electron chi connectivity index (χ3n) is 5.25. The smallest absolute Gasteiger partial charge is 0.222 e. The second-order valence-electron chi connectivity index (χ2n) is 7.22. The van der Waals surface area contributed by atoms with Crippen LogP contribution in [0.15, 0.2) is 47.5 Å². The van der Waals surface area contributed by atoms with Gasteiger partial charge in [-0.1, -0.05) is 56.3 Å². The van der Waals surface area contributed by atoms with E-state index in [9.17, 15) is 4.79 Å². The Kier molecular flexibility index (Phi) is 6.69. The average Bonchev–Trinajstić information content (AvgIpc) is 3.12. The number of rotatable bonds is 7. The van der Waals surface area contributed by atoms with E-state index in [1.54, 1.807) is 0 Å². The first-order chi connectivity index (χ1) is 13.6. The average molecular weight is 379 g/mol. The first kappa shape index (κ1) is 19.9. The van der Waals surface area contributed by atoms with E-state index in [0.717, 1.165) is 42.6 Å². The fraction of sp³-hybridized carbons (Fsp3) is 0.391. The zero-order chi connectivity index (χ0) is 19.9. The third kappa shape index (κ3) is 4.91. The molecule has 5 heteroatoms. The zero-order valence-electron chi connectivity index (χ0n) is 16.9. The molecule has 0 aromatic heterocycles. The summed E-state index contributed by atoms with van der Waals surface area (Å²) < 4.78 is 0. The van der Waals surface area contributed by atoms with E-state index in [1.807, 2.05) is 4.90 Å². The molecule has 1 amide bonds. The number of para-hydroxylation sites is 1. The van der Waals surface area contributed by atoms with Crippen molar-refractivity contribution in [1.82, 2.24) is 4.90 Å². The molecule has 0 bridgehead atoms. The van der Waals surface area contributed by atoms with Gasteiger partial charge in [-0.15, -0.1) is 0 Å². The number of likely N-dealkylation sites (tertiary alicyclic amines) is 1. The number of amides is 1. The molecule has 3 rings (SSSR count). The molecule has 1 heterocycles. The van der Waals surface area contributed by atoms with Crippen molar-refractivity contribution in [2.24, 2.45) is 10.7 Å². The summed E-state index contributed by atoms with van der Waals surface area (Å²) in [6, 6.07) is 14.6. The maximum Gasteiger partial charge on any atom is 0.222 e. The van der Waals surface area contributed by atoms with Crippen molar-refractivity contribution < 1.29 is 4.79 Å². The number of nitrogens with zero attached hydrogens (tertiary/aromatic N) is 2. The van der Waals surface area contributed by atoms with Gasteiger partial charge in [-0.25, -0.2) is 4.99 Å². The minimum atomic E-state index is 0.256. The van der Waals surface area contributed by atoms with Crippen molar-refractivity contribution in [3.63, 3.8) is 0 Å². The van der Waals surface area contributed by atoms with Crippen molar-refractivity contribution in [3.8, 4) is 0 Å². The Labute approximate surface area is 167 Å². The number of nitrogens with two attached hydrogens (primary N) is 1. The molecule has 148 valence electrons. The summed E-state index contributed by atoms with van der Waals surface area (Å²) in [6.45, 7) is 6.37. The van der Waals surface area contributed by atoms with Crippen LogP contribution in [0, 0.1) is 0 Å². The van der Waals surface area contributed by atoms with E-state index in [-0.39, 0.29) is 5.91 Å². The number of hydrogen-bond acceptors (Lipinski definition) is 2. The van der Waals surface area contributed by atoms with Crippen LogP contribution in [0.1, 0.15) is 48.9 Å². The Balaban J connectivity index is 1.61. The van der Waals surface area contributed by atoms with Crippen molar-refractivity contribution >= 4 is 17.6 Å². The molecule has 0 atom stereocenters. The molecule has 5 nitrogen and oxygen atoms in total. The van der Waals surface area contributed by atoms with E-state index >= 15 is 0 Å². The predicted octanol–water partition coefficient (Wildman–Crippen LogP) is 3.86. The Morgan fingerprint density at radius 3 is 2.29 bits per heavy atom. The van der Waals surface area contributed by atoms with Crippen molar-refractivity contribution in [3.05, 3.63) is 64.7 Å². The Morgan fingerprint density at radius 2 is 1.71 bits per heavy atom. The highest BCUT2D eigenvalue weighted by Gasteiger charge is 2.19. The van der Waals surface area contributed by atoms with Crippen molar-refractivity contribution in [1.29, 1.82) is 0 Å². The van der Waals surface area contributed by atoms with Gasteiger partial charge in [-0.3, -0.25) is 4.79 Å². The lowest BCUT2D eigenvalue weighted by molar-refractivity contribution is -0.128. The van der Waals surface area contributed by atoms with Gasteiger partial charge in [0.1, 0.15) is 0 Å². The van der Waals surface area contributed by atoms with Crippen LogP contribution in [0.5, 0.6) is 0 Å². The monoisotopic (exact) mass is 378 g/mol. The van der Waals surface area contributed by atoms with Crippen LogP contribution in [0.2, 0.25) is 0 Å². The molecule has 0 spiro atoms. The topological polar surface area (TPSA) is 70.7 Å². The van der Waals surface area contributed by atoms with Gasteiger partial charge in [0.25, 0.3) is 0 Å². The summed E-state index contributed by atoms with van der Waals surface area (Å²) in [4.78, 5) is 18.2. The molecule has 28 heavy (non-hydrogen) atoms. The van der Waals surface area contributed by atoms with E-state index in [0.29, 0.717) is 25.5 Å². The number of benzene rings is 2. The highest BCUT2D eigenvalue weighted by molar-refractivity contribution is 5.93. The van der Waals surface area contributed by atoms with Gasteiger partial charge in [0, 0.05) is 25.2 Å². The molecule has 1 saturated heterocycles. The number of aliphatic imine (C=N–C) groups is 1. The molecule has 1 aliphatic heterocycles. The predicted molar refractivity (Wildman–Crippen MR) is 115 cm³/mol. The quantitative estimate of drug-likeness (QED) is 0.568. The van der Waals surface area contributed by atoms with Crippen LogP contribution in [0.3, 0.4) is 0 Å². The minimum Gasteiger partial charge on any atom is -0.370 e. The van der Waals surface area contributed by atoms with Gasteiger partial charge in [0.15, 0.2) is 5.96 Å². The van der Waals surface area contributed by atoms with E-state index < -0.39 is 0 Å². The van der Waals surface area contributed by atoms with Gasteiger partial charge in [-0.05, 0) is 41.5 Å². The van der Waals surface area contributed by atoms with Crippen LogP contribution < -0.4 is 11.1 Å². The fourth-order valence-electron chi connectivity index (χ4n) is 3.59. The lowest BCUT2D eigenvalue weighted by atomic mass is 10.0. The summed E-state index contributed by atoms with van der Waals surface area (Å²) in [5.41, 5.74) is 12.0. The second-order valence-corrected chi connectivity index (χ2v) is 7.22. The van der Waals surface area contributed by atoms with E-state index in [2.05, 4.69) is 66.6 Å². The second kappa shape index (κ2) is 9.40. The largest absolute Gasteiger partial charge is 0.370 e. The summed E-state index contributed by atoms with van der Waals surface area (Å²) >= 11 is 0. The molecule has 2 aromatic carbocycles. The SMILES string of the molecule is CCc1cccc(CC)c1NC(N)=NCc1ccc(CN2CCCC2=O)cc1. The molecule has 0 saturated carbocycles. The fourth-order valence-corrected chi connectivity index (χ4v) is 3.59. The van der Waals surface area contributed by atoms with Crippen LogP contribution in [-0.2, 0) is 30.7 Å². The number of aryl methyl sites for hydroxylation is 2. The molecule has 0 radical (unpaired) electrons. The van der Waals surface area contributed by atoms with Gasteiger partial charge in [-0.2, -0.15) is 0 Å². The van der Waals surface area contributed by atoms with Crippen molar-refractivity contribution in [2.75, 3.05) is 11.9 Å². The number of nitrogens with one attached hydrogen (secondary N) is 1. The van der Waals surface area contributed by atoms with Crippen LogP contribution in [0.4, 0.5) is 5.69 Å². The Morgan fingerprint density at radius 1 is 1.07 bits per heavy atom. The number of carbonyl (C=O) groups is 1. The van der Waals surface area contributed by atoms with Gasteiger partial charge in [0.05, 0.1) is 6.54 Å². The van der Waals surface area contributed by atoms with Crippen LogP contribution >= 0.6 is 0 Å². The summed E-state index contributed by atoms with van der Waals surface area (Å²) in [7, 11) is 0. The lowest BCUT2D eigenvalue weighted by Gasteiger charge is -2.16. The lowest BCUT2D eigenvalue weighted by Crippen LogP contribution is -2.24. The summed E-state index contributed by atoms with van der Waals surface area (Å²) in [5.74, 6) is 0.689. The Hall–Kier alpha value is -2.82. The van der Waals surface area contributed by atoms with Gasteiger partial charge in [0.2, 0.25) is 5.91 Å². The van der Waals surface area contributed by atoms with Crippen LogP contribution in [-0.4, -0.2) is 23.3 Å². The molecule has 2 aromatic rings. The van der Waals surface area contributed by atoms with E-state index in [4.69, 9.17) is 5.73 Å². The molecule has 1 fully saturated rings. The number of guanidine groups is 1. The number of anilines is 1. The molecular formula is C23H30N4O. The highest BCUT2D eigenvalue weighted by atomic mass is 16.2. The standard InChI is InChI=1S/C23H30N4O/c1-3-19-7-5-8-20(4-2)22(19)26-23(24)25-15-17-10-12-18(13-11-17)16-27-14-6-9-21(27)28/h5,7-8,10-13H,3-4,6,9,14-16H2,1-2H3,(H3,24,25,26). The maximum atomic E-state index is 11.8. The molecule has 0 unspecified atom stereocenters. The summed E-state index contributed by atoms with van der Waals surface area (Å²) in [5, 5.41) is 3.30. The van der Waals surface area contributed by atoms with E-state index in [1.165, 1.54) is 11.1 Å². The van der Waals surface area contributed by atoms with Crippen molar-refractivity contribution in [2.45, 2.75) is 52.6 Å². The third-order valence-corrected chi connectivity index (χ3v) is 5.25. The first-order valence-corrected chi connectivity index (χ1v) is 10.1. The Bertz CT molecular complexity index is 820. The number of carbonyl (C=O) groups excluding carboxylic acids is 1. The molecular weight excluding hydrogens is 348 g/mol. The minimum absolute atomic E-state index is 0.256. The normalized spacial score (nSPS) is 14.6. The zero-order valence-corrected chi connectivity index (χ0v) is 16.9. The molecule has 3 N–H and O–H groups in total. The molecule has 1 aliphatic rings. The number of hydrogen-bond donors (Lipinski definition) is 2. The maximum absolute atomic E-state index is 11.8. The van der Waals surface area contributed by atoms with Gasteiger partial charge >= 0.3 is 0 Å². The highest BCUT2D eigenvalue weighted by Crippen LogP contribution is 2.22. The van der Waals surface area contributed by atoms with Crippen LogP contribution in [0.25, 0.3) is 0 Å². The first-order valence-electron chi connectivity index (χ1n) is 10.1. The summed E-state index contributed by atoms with van der Waals surface area (Å²) in [6.07, 6.45) is 3.55.